The summed E-state index contributed by atoms with van der Waals surface area (Å²) in [5, 5.41) is 3.76. The van der Waals surface area contributed by atoms with Crippen LogP contribution in [0.25, 0.3) is 0 Å². The molecule has 1 saturated carbocycles. The fourth-order valence-electron chi connectivity index (χ4n) is 3.27. The van der Waals surface area contributed by atoms with Crippen molar-refractivity contribution in [2.45, 2.75) is 57.7 Å². The zero-order chi connectivity index (χ0) is 12.5. The number of para-hydroxylation sites is 1. The molecule has 1 N–H and O–H groups in total. The van der Waals surface area contributed by atoms with Crippen LogP contribution in [0.4, 0.5) is 5.69 Å². The number of benzene rings is 1. The van der Waals surface area contributed by atoms with Crippen molar-refractivity contribution in [2.75, 3.05) is 11.9 Å². The molecular weight excluding hydrogens is 220 g/mol. The van der Waals surface area contributed by atoms with E-state index in [1.807, 2.05) is 0 Å². The van der Waals surface area contributed by atoms with E-state index >= 15 is 0 Å². The minimum absolute atomic E-state index is 0.633. The summed E-state index contributed by atoms with van der Waals surface area (Å²) in [6, 6.07) is 11.0. The molecule has 2 heteroatoms. The summed E-state index contributed by atoms with van der Waals surface area (Å²) in [5.41, 5.74) is 2.78. The summed E-state index contributed by atoms with van der Waals surface area (Å²) >= 11 is 0. The first-order chi connectivity index (χ1) is 8.78. The molecule has 2 atom stereocenters. The van der Waals surface area contributed by atoms with Gasteiger partial charge in [-0.25, -0.2) is 0 Å². The van der Waals surface area contributed by atoms with Crippen molar-refractivity contribution in [3.8, 4) is 0 Å². The van der Waals surface area contributed by atoms with E-state index in [4.69, 9.17) is 0 Å². The first-order valence-corrected chi connectivity index (χ1v) is 7.38. The second-order valence-corrected chi connectivity index (χ2v) is 5.86. The van der Waals surface area contributed by atoms with E-state index in [-0.39, 0.29) is 0 Å². The van der Waals surface area contributed by atoms with E-state index in [0.29, 0.717) is 6.04 Å². The van der Waals surface area contributed by atoms with Crippen molar-refractivity contribution in [3.63, 3.8) is 0 Å². The highest BCUT2D eigenvalue weighted by Crippen LogP contribution is 2.34. The highest BCUT2D eigenvalue weighted by atomic mass is 15.3. The summed E-state index contributed by atoms with van der Waals surface area (Å²) in [5.74, 6) is 0. The predicted octanol–water partition coefficient (Wildman–Crippen LogP) is 3.29. The number of hydrogen-bond donors (Lipinski definition) is 1. The number of likely N-dealkylation sites (tertiary alicyclic amines) is 1. The minimum Gasteiger partial charge on any atom is -0.381 e. The van der Waals surface area contributed by atoms with Gasteiger partial charge in [-0.1, -0.05) is 25.1 Å². The number of nitrogens with zero attached hydrogens (tertiary/aromatic N) is 1. The number of aryl methyl sites for hydroxylation is 1. The van der Waals surface area contributed by atoms with Crippen LogP contribution in [0.3, 0.4) is 0 Å². The van der Waals surface area contributed by atoms with Gasteiger partial charge in [0.05, 0.1) is 0 Å². The van der Waals surface area contributed by atoms with Crippen molar-refractivity contribution in [2.24, 2.45) is 0 Å². The zero-order valence-corrected chi connectivity index (χ0v) is 11.5. The Morgan fingerprint density at radius 1 is 1.28 bits per heavy atom. The number of nitrogens with one attached hydrogen (secondary N) is 1. The lowest BCUT2D eigenvalue weighted by atomic mass is 10.1. The minimum atomic E-state index is 0.633. The van der Waals surface area contributed by atoms with Gasteiger partial charge in [0.25, 0.3) is 0 Å². The van der Waals surface area contributed by atoms with Crippen molar-refractivity contribution in [1.29, 1.82) is 0 Å². The van der Waals surface area contributed by atoms with Crippen molar-refractivity contribution in [3.05, 3.63) is 29.8 Å². The molecule has 2 unspecified atom stereocenters. The maximum Gasteiger partial charge on any atom is 0.0403 e. The molecule has 0 bridgehead atoms. The van der Waals surface area contributed by atoms with Gasteiger partial charge in [-0.15, -0.1) is 0 Å². The van der Waals surface area contributed by atoms with Crippen LogP contribution in [-0.4, -0.2) is 29.6 Å². The summed E-state index contributed by atoms with van der Waals surface area (Å²) in [6.07, 6.45) is 5.23. The second kappa shape index (κ2) is 4.93. The molecule has 0 aromatic heterocycles. The van der Waals surface area contributed by atoms with Gasteiger partial charge in [-0.2, -0.15) is 0 Å². The fraction of sp³-hybridized carbons (Fsp3) is 0.625. The Kier molecular flexibility index (Phi) is 3.29. The van der Waals surface area contributed by atoms with Gasteiger partial charge in [0.15, 0.2) is 0 Å². The molecule has 1 aromatic carbocycles. The third kappa shape index (κ3) is 2.39. The monoisotopic (exact) mass is 244 g/mol. The lowest BCUT2D eigenvalue weighted by molar-refractivity contribution is 0.257. The van der Waals surface area contributed by atoms with Gasteiger partial charge in [-0.05, 0) is 44.2 Å². The van der Waals surface area contributed by atoms with E-state index in [1.165, 1.54) is 37.1 Å². The molecule has 1 aliphatic heterocycles. The number of anilines is 1. The number of rotatable bonds is 4. The molecule has 1 saturated heterocycles. The molecule has 98 valence electrons. The van der Waals surface area contributed by atoms with Crippen molar-refractivity contribution >= 4 is 5.69 Å². The molecule has 0 amide bonds. The predicted molar refractivity (Wildman–Crippen MR) is 77.0 cm³/mol. The Hall–Kier alpha value is -1.02. The fourth-order valence-corrected chi connectivity index (χ4v) is 3.27. The first kappa shape index (κ1) is 12.0. The van der Waals surface area contributed by atoms with Gasteiger partial charge in [0, 0.05) is 30.4 Å². The van der Waals surface area contributed by atoms with Gasteiger partial charge >= 0.3 is 0 Å². The topological polar surface area (TPSA) is 15.3 Å². The maximum absolute atomic E-state index is 3.76. The highest BCUT2D eigenvalue weighted by Gasteiger charge is 2.38. The summed E-state index contributed by atoms with van der Waals surface area (Å²) in [4.78, 5) is 2.70. The average Bonchev–Trinajstić information content (AvgIpc) is 3.15. The average molecular weight is 244 g/mol. The largest absolute Gasteiger partial charge is 0.381 e. The van der Waals surface area contributed by atoms with Crippen LogP contribution in [0, 0.1) is 0 Å². The van der Waals surface area contributed by atoms with Gasteiger partial charge in [0.2, 0.25) is 0 Å². The quantitative estimate of drug-likeness (QED) is 0.874. The lowest BCUT2D eigenvalue weighted by Gasteiger charge is -2.20. The van der Waals surface area contributed by atoms with Crippen molar-refractivity contribution < 1.29 is 0 Å². The summed E-state index contributed by atoms with van der Waals surface area (Å²) in [7, 11) is 0. The van der Waals surface area contributed by atoms with E-state index < -0.39 is 0 Å². The zero-order valence-electron chi connectivity index (χ0n) is 11.5. The third-order valence-corrected chi connectivity index (χ3v) is 4.40. The van der Waals surface area contributed by atoms with Gasteiger partial charge in [0.1, 0.15) is 0 Å². The second-order valence-electron chi connectivity index (χ2n) is 5.86. The van der Waals surface area contributed by atoms with Crippen LogP contribution in [-0.2, 0) is 6.42 Å². The van der Waals surface area contributed by atoms with Crippen LogP contribution in [0.1, 0.15) is 38.7 Å². The van der Waals surface area contributed by atoms with Crippen LogP contribution < -0.4 is 5.32 Å². The van der Waals surface area contributed by atoms with Crippen LogP contribution >= 0.6 is 0 Å². The standard InChI is InChI=1S/C16H24N2/c1-3-13-6-4-5-7-16(13)17-14-10-12(2)18(11-14)15-8-9-15/h4-7,12,14-15,17H,3,8-11H2,1-2H3. The van der Waals surface area contributed by atoms with Gasteiger partial charge < -0.3 is 5.32 Å². The molecule has 1 heterocycles. The van der Waals surface area contributed by atoms with E-state index in [0.717, 1.165) is 18.5 Å². The molecule has 2 aliphatic rings. The third-order valence-electron chi connectivity index (χ3n) is 4.40. The molecule has 0 radical (unpaired) electrons. The molecular formula is C16H24N2. The Bertz CT molecular complexity index is 411. The molecule has 0 spiro atoms. The van der Waals surface area contributed by atoms with E-state index in [1.54, 1.807) is 0 Å². The van der Waals surface area contributed by atoms with Crippen LogP contribution in [0.15, 0.2) is 24.3 Å². The van der Waals surface area contributed by atoms with Crippen LogP contribution in [0.2, 0.25) is 0 Å². The lowest BCUT2D eigenvalue weighted by Crippen LogP contribution is -2.31. The normalized spacial score (nSPS) is 28.6. The van der Waals surface area contributed by atoms with E-state index in [9.17, 15) is 0 Å². The maximum atomic E-state index is 3.76. The Balaban J connectivity index is 1.66. The van der Waals surface area contributed by atoms with E-state index in [2.05, 4.69) is 48.3 Å². The molecule has 3 rings (SSSR count). The summed E-state index contributed by atoms with van der Waals surface area (Å²) < 4.78 is 0. The van der Waals surface area contributed by atoms with Gasteiger partial charge in [-0.3, -0.25) is 4.90 Å². The Morgan fingerprint density at radius 2 is 2.06 bits per heavy atom. The van der Waals surface area contributed by atoms with Crippen molar-refractivity contribution in [1.82, 2.24) is 4.90 Å². The highest BCUT2D eigenvalue weighted by molar-refractivity contribution is 5.52. The SMILES string of the molecule is CCc1ccccc1NC1CC(C)N(C2CC2)C1. The molecule has 2 nitrogen and oxygen atoms in total. The molecule has 18 heavy (non-hydrogen) atoms. The smallest absolute Gasteiger partial charge is 0.0403 e. The summed E-state index contributed by atoms with van der Waals surface area (Å²) in [6.45, 7) is 5.84. The molecule has 1 aliphatic carbocycles. The first-order valence-electron chi connectivity index (χ1n) is 7.38. The molecule has 2 fully saturated rings. The Labute approximate surface area is 110 Å². The van der Waals surface area contributed by atoms with Crippen LogP contribution in [0.5, 0.6) is 0 Å². The Morgan fingerprint density at radius 3 is 2.78 bits per heavy atom. The number of hydrogen-bond acceptors (Lipinski definition) is 2. The molecule has 1 aromatic rings.